The minimum atomic E-state index is -0.476. The number of rotatable bonds is 9. The molecule has 0 spiro atoms. The molecule has 150 valence electrons. The summed E-state index contributed by atoms with van der Waals surface area (Å²) in [6.07, 6.45) is 0.739. The molecule has 1 aromatic heterocycles. The van der Waals surface area contributed by atoms with Crippen molar-refractivity contribution in [1.29, 1.82) is 0 Å². The maximum atomic E-state index is 12.3. The molecule has 0 radical (unpaired) electrons. The van der Waals surface area contributed by atoms with Gasteiger partial charge in [0, 0.05) is 10.4 Å². The van der Waals surface area contributed by atoms with Crippen LogP contribution in [0.15, 0.2) is 24.3 Å². The number of nitrogens with one attached hydrogen (secondary N) is 1. The van der Waals surface area contributed by atoms with Gasteiger partial charge in [0.05, 0.1) is 19.3 Å². The third kappa shape index (κ3) is 5.32. The van der Waals surface area contributed by atoms with Gasteiger partial charge in [-0.2, -0.15) is 0 Å². The largest absolute Gasteiger partial charge is 0.493 e. The summed E-state index contributed by atoms with van der Waals surface area (Å²) in [4.78, 5) is 36.8. The van der Waals surface area contributed by atoms with E-state index in [1.165, 1.54) is 25.4 Å². The van der Waals surface area contributed by atoms with E-state index in [1.807, 2.05) is 6.92 Å². The second-order valence-electron chi connectivity index (χ2n) is 5.79. The first-order valence-corrected chi connectivity index (χ1v) is 9.62. The highest BCUT2D eigenvalue weighted by Crippen LogP contribution is 2.30. The van der Waals surface area contributed by atoms with Crippen molar-refractivity contribution in [1.82, 2.24) is 0 Å². The Morgan fingerprint density at radius 1 is 1.11 bits per heavy atom. The number of esters is 1. The number of carbonyl (C=O) groups is 3. The molecule has 2 rings (SSSR count). The molecular formula is C20H23NO6S. The zero-order valence-electron chi connectivity index (χ0n) is 16.3. The number of thiophene rings is 1. The third-order valence-corrected chi connectivity index (χ3v) is 5.00. The number of ether oxygens (including phenoxy) is 3. The van der Waals surface area contributed by atoms with Crippen molar-refractivity contribution in [2.45, 2.75) is 27.2 Å². The number of hydrogen-bond acceptors (Lipinski definition) is 7. The van der Waals surface area contributed by atoms with Gasteiger partial charge in [-0.25, -0.2) is 4.79 Å². The molecule has 0 atom stereocenters. The van der Waals surface area contributed by atoms with Crippen LogP contribution in [0.4, 0.5) is 5.00 Å². The van der Waals surface area contributed by atoms with Gasteiger partial charge in [0.2, 0.25) is 0 Å². The molecule has 0 aliphatic rings. The van der Waals surface area contributed by atoms with E-state index in [0.717, 1.165) is 11.3 Å². The van der Waals surface area contributed by atoms with Crippen LogP contribution >= 0.6 is 11.3 Å². The summed E-state index contributed by atoms with van der Waals surface area (Å²) in [5.41, 5.74) is 0.818. The van der Waals surface area contributed by atoms with E-state index in [9.17, 15) is 14.4 Å². The predicted molar refractivity (Wildman–Crippen MR) is 107 cm³/mol. The summed E-state index contributed by atoms with van der Waals surface area (Å²) in [6, 6.07) is 6.46. The van der Waals surface area contributed by atoms with Crippen LogP contribution < -0.4 is 14.8 Å². The van der Waals surface area contributed by atoms with Gasteiger partial charge in [0.25, 0.3) is 5.91 Å². The third-order valence-electron chi connectivity index (χ3n) is 3.81. The molecule has 0 unspecified atom stereocenters. The van der Waals surface area contributed by atoms with Gasteiger partial charge >= 0.3 is 5.97 Å². The van der Waals surface area contributed by atoms with Gasteiger partial charge in [-0.15, -0.1) is 11.3 Å². The molecule has 0 fully saturated rings. The lowest BCUT2D eigenvalue weighted by Gasteiger charge is -2.11. The number of amides is 1. The van der Waals surface area contributed by atoms with Gasteiger partial charge in [-0.1, -0.05) is 6.92 Å². The normalized spacial score (nSPS) is 10.3. The van der Waals surface area contributed by atoms with E-state index < -0.39 is 11.9 Å². The fourth-order valence-corrected chi connectivity index (χ4v) is 3.38. The van der Waals surface area contributed by atoms with Crippen molar-refractivity contribution in [2.75, 3.05) is 25.6 Å². The van der Waals surface area contributed by atoms with Crippen molar-refractivity contribution in [3.8, 4) is 11.5 Å². The summed E-state index contributed by atoms with van der Waals surface area (Å²) in [5.74, 6) is -0.298. The van der Waals surface area contributed by atoms with Crippen LogP contribution in [-0.2, 0) is 16.0 Å². The van der Waals surface area contributed by atoms with Crippen LogP contribution in [-0.4, -0.2) is 38.0 Å². The first kappa shape index (κ1) is 21.4. The molecule has 7 nitrogen and oxygen atoms in total. The fraction of sp³-hybridized carbons (Fsp3) is 0.350. The fourth-order valence-electron chi connectivity index (χ4n) is 2.38. The van der Waals surface area contributed by atoms with Gasteiger partial charge in [0.1, 0.15) is 5.00 Å². The smallest absolute Gasteiger partial charge is 0.341 e. The van der Waals surface area contributed by atoms with Crippen LogP contribution in [0, 0.1) is 0 Å². The molecule has 0 aliphatic heterocycles. The number of ketones is 1. The van der Waals surface area contributed by atoms with Crippen molar-refractivity contribution in [3.63, 3.8) is 0 Å². The van der Waals surface area contributed by atoms with E-state index >= 15 is 0 Å². The van der Waals surface area contributed by atoms with E-state index in [4.69, 9.17) is 14.2 Å². The van der Waals surface area contributed by atoms with Crippen LogP contribution in [0.5, 0.6) is 11.5 Å². The Morgan fingerprint density at radius 3 is 2.46 bits per heavy atom. The lowest BCUT2D eigenvalue weighted by molar-refractivity contribution is -0.118. The van der Waals surface area contributed by atoms with E-state index in [1.54, 1.807) is 31.2 Å². The van der Waals surface area contributed by atoms with Crippen molar-refractivity contribution in [2.24, 2.45) is 0 Å². The Hall–Kier alpha value is -2.87. The molecule has 0 aliphatic carbocycles. The van der Waals surface area contributed by atoms with Gasteiger partial charge in [-0.05, 0) is 44.5 Å². The highest BCUT2D eigenvalue weighted by atomic mass is 32.1. The van der Waals surface area contributed by atoms with Crippen LogP contribution in [0.1, 0.15) is 46.4 Å². The maximum Gasteiger partial charge on any atom is 0.341 e. The Kier molecular flexibility index (Phi) is 7.57. The van der Waals surface area contributed by atoms with E-state index in [-0.39, 0.29) is 19.0 Å². The van der Waals surface area contributed by atoms with Crippen LogP contribution in [0.25, 0.3) is 0 Å². The first-order valence-electron chi connectivity index (χ1n) is 8.81. The minimum absolute atomic E-state index is 0.0986. The highest BCUT2D eigenvalue weighted by Gasteiger charge is 2.19. The lowest BCUT2D eigenvalue weighted by atomic mass is 10.1. The van der Waals surface area contributed by atoms with Gasteiger partial charge in [0.15, 0.2) is 23.9 Å². The van der Waals surface area contributed by atoms with Crippen LogP contribution in [0.2, 0.25) is 0 Å². The average Bonchev–Trinajstić information content (AvgIpc) is 3.09. The summed E-state index contributed by atoms with van der Waals surface area (Å²) < 4.78 is 15.8. The molecule has 1 aromatic carbocycles. The number of benzene rings is 1. The van der Waals surface area contributed by atoms with Gasteiger partial charge < -0.3 is 19.5 Å². The van der Waals surface area contributed by atoms with Crippen molar-refractivity contribution in [3.05, 3.63) is 40.3 Å². The van der Waals surface area contributed by atoms with Crippen molar-refractivity contribution < 1.29 is 28.6 Å². The number of hydrogen-bond donors (Lipinski definition) is 1. The molecule has 0 saturated carbocycles. The molecule has 0 bridgehead atoms. The molecule has 1 amide bonds. The number of methoxy groups -OCH3 is 1. The standard InChI is InChI=1S/C20H23NO6S/c1-5-14-10-15(20(24)26-6-2)19(28-14)21-18(23)11-27-16-8-7-13(12(3)22)9-17(16)25-4/h7-10H,5-6,11H2,1-4H3,(H,21,23). The predicted octanol–water partition coefficient (Wildman–Crippen LogP) is 3.72. The number of aryl methyl sites for hydroxylation is 1. The topological polar surface area (TPSA) is 90.9 Å². The molecular weight excluding hydrogens is 382 g/mol. The number of Topliss-reactive ketones (excluding diaryl/α,β-unsaturated/α-hetero) is 1. The molecule has 1 N–H and O–H groups in total. The summed E-state index contributed by atoms with van der Waals surface area (Å²) in [5, 5.41) is 3.13. The molecule has 28 heavy (non-hydrogen) atoms. The van der Waals surface area contributed by atoms with Crippen molar-refractivity contribution >= 4 is 34.0 Å². The quantitative estimate of drug-likeness (QED) is 0.505. The van der Waals surface area contributed by atoms with E-state index in [0.29, 0.717) is 27.6 Å². The number of carbonyl (C=O) groups excluding carboxylic acids is 3. The zero-order chi connectivity index (χ0) is 20.7. The molecule has 8 heteroatoms. The Labute approximate surface area is 167 Å². The first-order chi connectivity index (χ1) is 13.4. The van der Waals surface area contributed by atoms with Gasteiger partial charge in [-0.3, -0.25) is 9.59 Å². The Balaban J connectivity index is 2.08. The summed E-state index contributed by atoms with van der Waals surface area (Å²) in [7, 11) is 1.45. The monoisotopic (exact) mass is 405 g/mol. The van der Waals surface area contributed by atoms with E-state index in [2.05, 4.69) is 5.32 Å². The molecule has 1 heterocycles. The Bertz CT molecular complexity index is 874. The summed E-state index contributed by atoms with van der Waals surface area (Å²) >= 11 is 1.33. The SMILES string of the molecule is CCOC(=O)c1cc(CC)sc1NC(=O)COc1ccc(C(C)=O)cc1OC. The second kappa shape index (κ2) is 9.89. The van der Waals surface area contributed by atoms with Crippen LogP contribution in [0.3, 0.4) is 0 Å². The number of anilines is 1. The average molecular weight is 405 g/mol. The molecule has 2 aromatic rings. The minimum Gasteiger partial charge on any atom is -0.493 e. The highest BCUT2D eigenvalue weighted by molar-refractivity contribution is 7.16. The maximum absolute atomic E-state index is 12.3. The lowest BCUT2D eigenvalue weighted by Crippen LogP contribution is -2.21. The molecule has 0 saturated heterocycles. The Morgan fingerprint density at radius 2 is 1.86 bits per heavy atom. The second-order valence-corrected chi connectivity index (χ2v) is 6.92. The zero-order valence-corrected chi connectivity index (χ0v) is 17.1. The summed E-state index contributed by atoms with van der Waals surface area (Å²) in [6.45, 7) is 5.11.